The highest BCUT2D eigenvalue weighted by atomic mass is 16.3. The van der Waals surface area contributed by atoms with Crippen molar-refractivity contribution in [1.82, 2.24) is 0 Å². The van der Waals surface area contributed by atoms with Crippen LogP contribution in [-0.2, 0) is 0 Å². The van der Waals surface area contributed by atoms with Crippen molar-refractivity contribution in [2.24, 2.45) is 11.7 Å². The molecule has 0 aliphatic carbocycles. The van der Waals surface area contributed by atoms with Crippen molar-refractivity contribution in [3.63, 3.8) is 0 Å². The molecule has 1 radical (unpaired) electrons. The lowest BCUT2D eigenvalue weighted by molar-refractivity contribution is 0.176. The maximum atomic E-state index is 8.83. The summed E-state index contributed by atoms with van der Waals surface area (Å²) >= 11 is 0. The summed E-state index contributed by atoms with van der Waals surface area (Å²) in [7, 11) is 0. The standard InChI is InChI=1S/C7H16NO/c1-5(2)4-7(8)6(3)9/h5-7,9H,3-4,8H2,1-2H3. The Hall–Kier alpha value is -0.0800. The van der Waals surface area contributed by atoms with E-state index >= 15 is 0 Å². The van der Waals surface area contributed by atoms with E-state index in [2.05, 4.69) is 20.8 Å². The molecule has 3 N–H and O–H groups in total. The highest BCUT2D eigenvalue weighted by Gasteiger charge is 2.09. The Morgan fingerprint density at radius 2 is 2.00 bits per heavy atom. The smallest absolute Gasteiger partial charge is 0.0692 e. The van der Waals surface area contributed by atoms with E-state index in [1.165, 1.54) is 0 Å². The zero-order chi connectivity index (χ0) is 7.44. The first kappa shape index (κ1) is 8.92. The lowest BCUT2D eigenvalue weighted by Crippen LogP contribution is -2.33. The minimum atomic E-state index is -0.618. The van der Waals surface area contributed by atoms with Crippen molar-refractivity contribution in [3.05, 3.63) is 6.92 Å². The summed E-state index contributed by atoms with van der Waals surface area (Å²) in [4.78, 5) is 0. The van der Waals surface area contributed by atoms with Gasteiger partial charge in [-0.25, -0.2) is 0 Å². The van der Waals surface area contributed by atoms with E-state index < -0.39 is 6.10 Å². The number of hydrogen-bond donors (Lipinski definition) is 2. The third-order valence-electron chi connectivity index (χ3n) is 1.24. The monoisotopic (exact) mass is 130 g/mol. The first-order valence-corrected chi connectivity index (χ1v) is 3.30. The number of aliphatic hydroxyl groups is 1. The molecule has 55 valence electrons. The molecule has 9 heavy (non-hydrogen) atoms. The van der Waals surface area contributed by atoms with E-state index in [4.69, 9.17) is 10.8 Å². The van der Waals surface area contributed by atoms with Crippen LogP contribution in [0.3, 0.4) is 0 Å². The molecule has 2 heteroatoms. The molecular weight excluding hydrogens is 114 g/mol. The first-order valence-electron chi connectivity index (χ1n) is 3.30. The molecule has 0 heterocycles. The molecular formula is C7H16NO. The summed E-state index contributed by atoms with van der Waals surface area (Å²) in [5.41, 5.74) is 5.50. The van der Waals surface area contributed by atoms with Crippen LogP contribution in [0.15, 0.2) is 0 Å². The molecule has 0 spiro atoms. The Morgan fingerprint density at radius 1 is 1.56 bits per heavy atom. The van der Waals surface area contributed by atoms with E-state index in [0.29, 0.717) is 5.92 Å². The molecule has 0 amide bonds. The summed E-state index contributed by atoms with van der Waals surface area (Å²) < 4.78 is 0. The van der Waals surface area contributed by atoms with Gasteiger partial charge < -0.3 is 10.8 Å². The fourth-order valence-corrected chi connectivity index (χ4v) is 0.701. The van der Waals surface area contributed by atoms with Crippen LogP contribution in [-0.4, -0.2) is 17.3 Å². The van der Waals surface area contributed by atoms with Crippen molar-refractivity contribution in [2.45, 2.75) is 32.4 Å². The number of nitrogens with two attached hydrogens (primary N) is 1. The summed E-state index contributed by atoms with van der Waals surface area (Å²) in [5.74, 6) is 0.538. The van der Waals surface area contributed by atoms with Crippen LogP contribution in [0.25, 0.3) is 0 Å². The molecule has 0 aromatic carbocycles. The van der Waals surface area contributed by atoms with Gasteiger partial charge in [0.15, 0.2) is 0 Å². The second kappa shape index (κ2) is 3.85. The topological polar surface area (TPSA) is 46.2 Å². The molecule has 2 unspecified atom stereocenters. The predicted octanol–water partition coefficient (Wildman–Crippen LogP) is 0.555. The Labute approximate surface area is 57.1 Å². The average molecular weight is 130 g/mol. The van der Waals surface area contributed by atoms with Gasteiger partial charge in [-0.15, -0.1) is 0 Å². The molecule has 0 bridgehead atoms. The van der Waals surface area contributed by atoms with Gasteiger partial charge >= 0.3 is 0 Å². The zero-order valence-electron chi connectivity index (χ0n) is 6.17. The van der Waals surface area contributed by atoms with Crippen LogP contribution < -0.4 is 5.73 Å². The van der Waals surface area contributed by atoms with Gasteiger partial charge in [0.1, 0.15) is 0 Å². The van der Waals surface area contributed by atoms with E-state index in [1.54, 1.807) is 0 Å². The Bertz CT molecular complexity index is 71.3. The molecule has 0 aromatic heterocycles. The minimum absolute atomic E-state index is 0.162. The van der Waals surface area contributed by atoms with Crippen LogP contribution >= 0.6 is 0 Å². The largest absolute Gasteiger partial charge is 0.392 e. The Morgan fingerprint density at radius 3 is 2.11 bits per heavy atom. The summed E-state index contributed by atoms with van der Waals surface area (Å²) in [6.07, 6.45) is 0.220. The van der Waals surface area contributed by atoms with Gasteiger partial charge in [0.25, 0.3) is 0 Å². The molecule has 0 rings (SSSR count). The van der Waals surface area contributed by atoms with Gasteiger partial charge in [-0.05, 0) is 19.3 Å². The van der Waals surface area contributed by atoms with Gasteiger partial charge in [0.2, 0.25) is 0 Å². The molecule has 0 saturated carbocycles. The highest BCUT2D eigenvalue weighted by Crippen LogP contribution is 2.04. The van der Waals surface area contributed by atoms with Crippen molar-refractivity contribution in [3.8, 4) is 0 Å². The van der Waals surface area contributed by atoms with Crippen LogP contribution in [0.4, 0.5) is 0 Å². The second-order valence-electron chi connectivity index (χ2n) is 2.86. The number of rotatable bonds is 3. The van der Waals surface area contributed by atoms with E-state index in [9.17, 15) is 0 Å². The number of hydrogen-bond acceptors (Lipinski definition) is 2. The quantitative estimate of drug-likeness (QED) is 0.586. The Balaban J connectivity index is 3.38. The van der Waals surface area contributed by atoms with Crippen LogP contribution in [0.2, 0.25) is 0 Å². The minimum Gasteiger partial charge on any atom is -0.392 e. The van der Waals surface area contributed by atoms with Crippen LogP contribution in [0, 0.1) is 12.8 Å². The van der Waals surface area contributed by atoms with Gasteiger partial charge in [-0.1, -0.05) is 13.8 Å². The molecule has 0 saturated heterocycles. The van der Waals surface area contributed by atoms with Crippen molar-refractivity contribution < 1.29 is 5.11 Å². The van der Waals surface area contributed by atoms with Crippen molar-refractivity contribution in [2.75, 3.05) is 0 Å². The third-order valence-corrected chi connectivity index (χ3v) is 1.24. The van der Waals surface area contributed by atoms with Crippen molar-refractivity contribution in [1.29, 1.82) is 0 Å². The molecule has 2 nitrogen and oxygen atoms in total. The zero-order valence-corrected chi connectivity index (χ0v) is 6.17. The van der Waals surface area contributed by atoms with Gasteiger partial charge in [0, 0.05) is 6.04 Å². The average Bonchev–Trinajstić information content (AvgIpc) is 1.63. The van der Waals surface area contributed by atoms with Crippen LogP contribution in [0.1, 0.15) is 20.3 Å². The summed E-state index contributed by atoms with van der Waals surface area (Å²) in [6.45, 7) is 7.57. The van der Waals surface area contributed by atoms with E-state index in [0.717, 1.165) is 6.42 Å². The van der Waals surface area contributed by atoms with Crippen LogP contribution in [0.5, 0.6) is 0 Å². The predicted molar refractivity (Wildman–Crippen MR) is 38.8 cm³/mol. The highest BCUT2D eigenvalue weighted by molar-refractivity contribution is 4.73. The maximum absolute atomic E-state index is 8.83. The lowest BCUT2D eigenvalue weighted by atomic mass is 10.0. The first-order chi connectivity index (χ1) is 4.04. The second-order valence-corrected chi connectivity index (χ2v) is 2.86. The molecule has 0 aromatic rings. The third kappa shape index (κ3) is 4.43. The fraction of sp³-hybridized carbons (Fsp3) is 0.857. The molecule has 0 aliphatic heterocycles. The normalized spacial score (nSPS) is 18.0. The fourth-order valence-electron chi connectivity index (χ4n) is 0.701. The van der Waals surface area contributed by atoms with E-state index in [-0.39, 0.29) is 6.04 Å². The number of aliphatic hydroxyl groups excluding tert-OH is 1. The molecule has 2 atom stereocenters. The van der Waals surface area contributed by atoms with Gasteiger partial charge in [-0.2, -0.15) is 0 Å². The van der Waals surface area contributed by atoms with Gasteiger partial charge in [-0.3, -0.25) is 0 Å². The lowest BCUT2D eigenvalue weighted by Gasteiger charge is -2.15. The van der Waals surface area contributed by atoms with Crippen molar-refractivity contribution >= 4 is 0 Å². The Kier molecular flexibility index (Phi) is 3.82. The molecule has 0 aliphatic rings. The SMILES string of the molecule is [CH2]C(O)C(N)CC(C)C. The summed E-state index contributed by atoms with van der Waals surface area (Å²) in [6, 6.07) is -0.162. The summed E-state index contributed by atoms with van der Waals surface area (Å²) in [5, 5.41) is 8.83. The van der Waals surface area contributed by atoms with Gasteiger partial charge in [0.05, 0.1) is 6.10 Å². The maximum Gasteiger partial charge on any atom is 0.0692 e. The van der Waals surface area contributed by atoms with E-state index in [1.807, 2.05) is 0 Å². The molecule has 0 fully saturated rings.